The molecule has 1 unspecified atom stereocenters. The van der Waals surface area contributed by atoms with Gasteiger partial charge in [0.1, 0.15) is 0 Å². The molecule has 136 valence electrons. The van der Waals surface area contributed by atoms with Crippen LogP contribution in [0.2, 0.25) is 0 Å². The minimum absolute atomic E-state index is 0.00932. The number of unbranched alkanes of at least 4 members (excludes halogenated alkanes) is 10. The van der Waals surface area contributed by atoms with Crippen LogP contribution in [0.4, 0.5) is 0 Å². The lowest BCUT2D eigenvalue weighted by atomic mass is 10.1. The van der Waals surface area contributed by atoms with Crippen LogP contribution in [0.5, 0.6) is 0 Å². The van der Waals surface area contributed by atoms with Crippen molar-refractivity contribution in [1.82, 2.24) is 0 Å². The predicted octanol–water partition coefficient (Wildman–Crippen LogP) is 7.13. The Labute approximate surface area is 145 Å². The van der Waals surface area contributed by atoms with Crippen molar-refractivity contribution < 1.29 is 9.47 Å². The van der Waals surface area contributed by atoms with E-state index in [4.69, 9.17) is 9.47 Å². The largest absolute Gasteiger partial charge is 0.473 e. The summed E-state index contributed by atoms with van der Waals surface area (Å²) in [6, 6.07) is 0. The highest BCUT2D eigenvalue weighted by molar-refractivity contribution is 4.81. The molecule has 0 aliphatic carbocycles. The highest BCUT2D eigenvalue weighted by Crippen LogP contribution is 2.20. The molecule has 2 nitrogen and oxygen atoms in total. The molecule has 23 heavy (non-hydrogen) atoms. The summed E-state index contributed by atoms with van der Waals surface area (Å²) < 4.78 is 11.9. The normalized spacial score (nSPS) is 21.1. The van der Waals surface area contributed by atoms with Gasteiger partial charge in [-0.25, -0.2) is 0 Å². The van der Waals surface area contributed by atoms with Crippen LogP contribution < -0.4 is 0 Å². The maximum atomic E-state index is 6.15. The van der Waals surface area contributed by atoms with Crippen LogP contribution in [-0.2, 0) is 9.47 Å². The van der Waals surface area contributed by atoms with Crippen LogP contribution in [0, 0.1) is 0 Å². The van der Waals surface area contributed by atoms with E-state index in [1.165, 1.54) is 83.5 Å². The van der Waals surface area contributed by atoms with Crippen molar-refractivity contribution in [3.8, 4) is 0 Å². The van der Waals surface area contributed by atoms with Crippen molar-refractivity contribution in [2.75, 3.05) is 0 Å². The van der Waals surface area contributed by atoms with Crippen LogP contribution >= 0.6 is 0 Å². The van der Waals surface area contributed by atoms with E-state index >= 15 is 0 Å². The molecule has 0 bridgehead atoms. The maximum Gasteiger partial charge on any atom is 0.199 e. The zero-order valence-electron chi connectivity index (χ0n) is 15.7. The molecule has 1 aliphatic rings. The molecule has 0 N–H and O–H groups in total. The summed E-state index contributed by atoms with van der Waals surface area (Å²) in [5, 5.41) is 0. The van der Waals surface area contributed by atoms with Gasteiger partial charge in [-0.2, -0.15) is 0 Å². The van der Waals surface area contributed by atoms with Gasteiger partial charge in [0, 0.05) is 6.42 Å². The number of rotatable bonds is 14. The second-order valence-corrected chi connectivity index (χ2v) is 7.04. The molecule has 0 radical (unpaired) electrons. The summed E-state index contributed by atoms with van der Waals surface area (Å²) in [5.74, 6) is 0. The molecule has 0 fully saturated rings. The maximum absolute atomic E-state index is 6.15. The Morgan fingerprint density at radius 3 is 2.00 bits per heavy atom. The Balaban J connectivity index is 2.01. The van der Waals surface area contributed by atoms with Gasteiger partial charge in [-0.15, -0.1) is 0 Å². The van der Waals surface area contributed by atoms with Gasteiger partial charge >= 0.3 is 0 Å². The lowest BCUT2D eigenvalue weighted by Crippen LogP contribution is -2.21. The van der Waals surface area contributed by atoms with Gasteiger partial charge in [0.05, 0.1) is 12.4 Å². The van der Waals surface area contributed by atoms with Crippen molar-refractivity contribution in [3.05, 3.63) is 12.3 Å². The van der Waals surface area contributed by atoms with Gasteiger partial charge in [0.25, 0.3) is 0 Å². The van der Waals surface area contributed by atoms with Crippen molar-refractivity contribution in [1.29, 1.82) is 0 Å². The fraction of sp³-hybridized carbons (Fsp3) is 0.905. The summed E-state index contributed by atoms with van der Waals surface area (Å²) in [7, 11) is 0. The van der Waals surface area contributed by atoms with E-state index in [0.29, 0.717) is 6.10 Å². The molecule has 0 aromatic rings. The smallest absolute Gasteiger partial charge is 0.199 e. The molecule has 0 aromatic heterocycles. The summed E-state index contributed by atoms with van der Waals surface area (Å²) in [6.07, 6.45) is 23.8. The SMILES string of the molecule is CCCCCCCCCCCC1OC=CC[C@@H](CCCCC)O1. The zero-order chi connectivity index (χ0) is 16.6. The standard InChI is InChI=1S/C21H40O2/c1-3-5-7-8-9-10-11-12-14-18-21-22-19-15-17-20(23-21)16-13-6-4-2/h15,19-21H,3-14,16-18H2,1-2H3/t20-,21?/m1/s1. The van der Waals surface area contributed by atoms with Gasteiger partial charge < -0.3 is 9.47 Å². The van der Waals surface area contributed by atoms with E-state index in [9.17, 15) is 0 Å². The van der Waals surface area contributed by atoms with E-state index in [0.717, 1.165) is 12.8 Å². The van der Waals surface area contributed by atoms with Gasteiger partial charge in [-0.3, -0.25) is 0 Å². The molecule has 1 heterocycles. The molecule has 0 saturated heterocycles. The first-order chi connectivity index (χ1) is 11.4. The number of hydrogen-bond acceptors (Lipinski definition) is 2. The monoisotopic (exact) mass is 324 g/mol. The third-order valence-electron chi connectivity index (χ3n) is 4.74. The Bertz CT molecular complexity index is 275. The Kier molecular flexibility index (Phi) is 13.4. The first-order valence-electron chi connectivity index (χ1n) is 10.3. The van der Waals surface area contributed by atoms with Crippen molar-refractivity contribution >= 4 is 0 Å². The molecule has 2 atom stereocenters. The molecule has 1 aliphatic heterocycles. The van der Waals surface area contributed by atoms with E-state index < -0.39 is 0 Å². The third kappa shape index (κ3) is 11.6. The van der Waals surface area contributed by atoms with Crippen LogP contribution in [-0.4, -0.2) is 12.4 Å². The van der Waals surface area contributed by atoms with E-state index in [2.05, 4.69) is 19.9 Å². The van der Waals surface area contributed by atoms with E-state index in [1.54, 1.807) is 0 Å². The molecule has 2 heteroatoms. The van der Waals surface area contributed by atoms with Gasteiger partial charge in [-0.1, -0.05) is 84.5 Å². The topological polar surface area (TPSA) is 18.5 Å². The molecular weight excluding hydrogens is 284 g/mol. The van der Waals surface area contributed by atoms with Crippen LogP contribution in [0.3, 0.4) is 0 Å². The van der Waals surface area contributed by atoms with E-state index in [-0.39, 0.29) is 6.29 Å². The van der Waals surface area contributed by atoms with Crippen LogP contribution in [0.25, 0.3) is 0 Å². The second-order valence-electron chi connectivity index (χ2n) is 7.04. The summed E-state index contributed by atoms with van der Waals surface area (Å²) in [6.45, 7) is 4.53. The second kappa shape index (κ2) is 15.1. The minimum atomic E-state index is -0.00932. The van der Waals surface area contributed by atoms with Crippen molar-refractivity contribution in [2.24, 2.45) is 0 Å². The molecule has 0 aromatic carbocycles. The first kappa shape index (κ1) is 20.5. The average molecular weight is 325 g/mol. The predicted molar refractivity (Wildman–Crippen MR) is 99.5 cm³/mol. The third-order valence-corrected chi connectivity index (χ3v) is 4.74. The summed E-state index contributed by atoms with van der Waals surface area (Å²) >= 11 is 0. The lowest BCUT2D eigenvalue weighted by Gasteiger charge is -2.21. The van der Waals surface area contributed by atoms with Crippen LogP contribution in [0.1, 0.15) is 110 Å². The molecule has 1 rings (SSSR count). The number of hydrogen-bond donors (Lipinski definition) is 0. The fourth-order valence-corrected chi connectivity index (χ4v) is 3.22. The molecule has 0 spiro atoms. The van der Waals surface area contributed by atoms with Crippen molar-refractivity contribution in [3.63, 3.8) is 0 Å². The minimum Gasteiger partial charge on any atom is -0.473 e. The summed E-state index contributed by atoms with van der Waals surface area (Å²) in [4.78, 5) is 0. The quantitative estimate of drug-likeness (QED) is 0.316. The van der Waals surface area contributed by atoms with Gasteiger partial charge in [0.15, 0.2) is 6.29 Å². The van der Waals surface area contributed by atoms with Gasteiger partial charge in [0.2, 0.25) is 0 Å². The zero-order valence-corrected chi connectivity index (χ0v) is 15.7. The van der Waals surface area contributed by atoms with Crippen LogP contribution in [0.15, 0.2) is 12.3 Å². The summed E-state index contributed by atoms with van der Waals surface area (Å²) in [5.41, 5.74) is 0. The highest BCUT2D eigenvalue weighted by Gasteiger charge is 2.18. The highest BCUT2D eigenvalue weighted by atomic mass is 16.7. The fourth-order valence-electron chi connectivity index (χ4n) is 3.22. The van der Waals surface area contributed by atoms with Crippen molar-refractivity contribution in [2.45, 2.75) is 123 Å². The Morgan fingerprint density at radius 2 is 1.30 bits per heavy atom. The average Bonchev–Trinajstić information content (AvgIpc) is 2.79. The first-order valence-corrected chi connectivity index (χ1v) is 10.3. The molecule has 0 saturated carbocycles. The van der Waals surface area contributed by atoms with Gasteiger partial charge in [-0.05, 0) is 25.3 Å². The lowest BCUT2D eigenvalue weighted by molar-refractivity contribution is -0.139. The molecule has 0 amide bonds. The Hall–Kier alpha value is -0.500. The Morgan fingerprint density at radius 1 is 0.739 bits per heavy atom. The van der Waals surface area contributed by atoms with E-state index in [1.807, 2.05) is 6.26 Å². The number of ether oxygens (including phenoxy) is 2. The molecular formula is C21H40O2.